The molecule has 1 saturated carbocycles. The second-order valence-electron chi connectivity index (χ2n) is 6.26. The zero-order valence-corrected chi connectivity index (χ0v) is 12.6. The van der Waals surface area contributed by atoms with Crippen LogP contribution in [0.2, 0.25) is 0 Å². The van der Waals surface area contributed by atoms with Gasteiger partial charge in [-0.25, -0.2) is 0 Å². The van der Waals surface area contributed by atoms with Crippen molar-refractivity contribution in [2.45, 2.75) is 45.4 Å². The van der Waals surface area contributed by atoms with Crippen LogP contribution in [0.3, 0.4) is 0 Å². The first kappa shape index (κ1) is 13.7. The van der Waals surface area contributed by atoms with Crippen molar-refractivity contribution in [3.05, 3.63) is 5.01 Å². The van der Waals surface area contributed by atoms with Crippen LogP contribution in [0, 0.1) is 5.41 Å². The van der Waals surface area contributed by atoms with E-state index in [0.29, 0.717) is 5.41 Å². The van der Waals surface area contributed by atoms with Crippen molar-refractivity contribution in [2.75, 3.05) is 25.6 Å². The average molecular weight is 269 g/mol. The van der Waals surface area contributed by atoms with E-state index < -0.39 is 0 Å². The van der Waals surface area contributed by atoms with Crippen molar-refractivity contribution in [3.63, 3.8) is 0 Å². The van der Waals surface area contributed by atoms with E-state index in [1.165, 1.54) is 12.8 Å². The van der Waals surface area contributed by atoms with Crippen molar-refractivity contribution in [3.8, 4) is 0 Å². The molecule has 1 N–H and O–H groups in total. The van der Waals surface area contributed by atoms with Crippen LogP contribution in [0.15, 0.2) is 0 Å². The van der Waals surface area contributed by atoms with Gasteiger partial charge in [-0.3, -0.25) is 0 Å². The number of nitrogens with one attached hydrogen (secondary N) is 1. The van der Waals surface area contributed by atoms with Crippen LogP contribution in [0.1, 0.15) is 45.0 Å². The summed E-state index contributed by atoms with van der Waals surface area (Å²) >= 11 is 1.67. The summed E-state index contributed by atoms with van der Waals surface area (Å²) in [5, 5.41) is 13.9. The lowest BCUT2D eigenvalue weighted by Crippen LogP contribution is -2.17. The molecule has 0 unspecified atom stereocenters. The second-order valence-corrected chi connectivity index (χ2v) is 7.24. The van der Waals surface area contributed by atoms with E-state index >= 15 is 0 Å². The first-order chi connectivity index (χ1) is 8.45. The van der Waals surface area contributed by atoms with Gasteiger partial charge >= 0.3 is 0 Å². The maximum absolute atomic E-state index is 5.17. The van der Waals surface area contributed by atoms with Gasteiger partial charge in [0.05, 0.1) is 0 Å². The summed E-state index contributed by atoms with van der Waals surface area (Å²) in [7, 11) is 1.77. The molecule has 1 aromatic heterocycles. The van der Waals surface area contributed by atoms with Crippen molar-refractivity contribution >= 4 is 16.5 Å². The average Bonchev–Trinajstić information content (AvgIpc) is 2.89. The van der Waals surface area contributed by atoms with Crippen LogP contribution < -0.4 is 5.32 Å². The zero-order chi connectivity index (χ0) is 13.2. The molecule has 1 aromatic rings. The summed E-state index contributed by atoms with van der Waals surface area (Å²) in [4.78, 5) is 0. The summed E-state index contributed by atoms with van der Waals surface area (Å²) < 4.78 is 5.17. The molecular weight excluding hydrogens is 246 g/mol. The van der Waals surface area contributed by atoms with Gasteiger partial charge in [0, 0.05) is 25.7 Å². The van der Waals surface area contributed by atoms with Gasteiger partial charge in [0.25, 0.3) is 0 Å². The van der Waals surface area contributed by atoms with E-state index in [-0.39, 0.29) is 5.41 Å². The van der Waals surface area contributed by atoms with Crippen LogP contribution in [0.4, 0.5) is 5.13 Å². The van der Waals surface area contributed by atoms with Crippen LogP contribution in [0.5, 0.6) is 0 Å². The number of ether oxygens (including phenoxy) is 1. The molecule has 0 bridgehead atoms. The maximum atomic E-state index is 5.17. The van der Waals surface area contributed by atoms with Gasteiger partial charge < -0.3 is 10.1 Å². The molecule has 0 aromatic carbocycles. The highest BCUT2D eigenvalue weighted by Crippen LogP contribution is 2.48. The monoisotopic (exact) mass is 269 g/mol. The molecule has 2 rings (SSSR count). The zero-order valence-electron chi connectivity index (χ0n) is 11.7. The van der Waals surface area contributed by atoms with Crippen molar-refractivity contribution in [2.24, 2.45) is 5.41 Å². The molecule has 0 spiro atoms. The number of methoxy groups -OCH3 is 1. The fraction of sp³-hybridized carbons (Fsp3) is 0.846. The SMILES string of the molecule is COCCC1(CNc2nnc(C(C)(C)C)s2)CC1. The molecule has 5 heteroatoms. The fourth-order valence-corrected chi connectivity index (χ4v) is 2.67. The smallest absolute Gasteiger partial charge is 0.205 e. The molecule has 1 aliphatic carbocycles. The predicted molar refractivity (Wildman–Crippen MR) is 75.3 cm³/mol. The molecule has 4 nitrogen and oxygen atoms in total. The predicted octanol–water partition coefficient (Wildman–Crippen LogP) is 3.06. The Labute approximate surface area is 113 Å². The molecule has 102 valence electrons. The van der Waals surface area contributed by atoms with Gasteiger partial charge in [0.2, 0.25) is 5.13 Å². The lowest BCUT2D eigenvalue weighted by Gasteiger charge is -2.14. The van der Waals surface area contributed by atoms with E-state index in [1.54, 1.807) is 18.4 Å². The Morgan fingerprint density at radius 3 is 2.56 bits per heavy atom. The largest absolute Gasteiger partial charge is 0.385 e. The van der Waals surface area contributed by atoms with Crippen LogP contribution in [0.25, 0.3) is 0 Å². The minimum Gasteiger partial charge on any atom is -0.385 e. The molecule has 18 heavy (non-hydrogen) atoms. The Kier molecular flexibility index (Phi) is 3.92. The Morgan fingerprint density at radius 2 is 2.06 bits per heavy atom. The number of anilines is 1. The highest BCUT2D eigenvalue weighted by molar-refractivity contribution is 7.15. The second kappa shape index (κ2) is 5.13. The van der Waals surface area contributed by atoms with Crippen molar-refractivity contribution < 1.29 is 4.74 Å². The molecule has 1 heterocycles. The molecule has 0 amide bonds. The third-order valence-electron chi connectivity index (χ3n) is 3.47. The maximum Gasteiger partial charge on any atom is 0.205 e. The number of hydrogen-bond donors (Lipinski definition) is 1. The normalized spacial score (nSPS) is 17.8. The van der Waals surface area contributed by atoms with Gasteiger partial charge in [-0.15, -0.1) is 10.2 Å². The highest BCUT2D eigenvalue weighted by Gasteiger charge is 2.41. The Balaban J connectivity index is 1.85. The summed E-state index contributed by atoms with van der Waals surface area (Å²) in [5.74, 6) is 0. The lowest BCUT2D eigenvalue weighted by molar-refractivity contribution is 0.175. The minimum absolute atomic E-state index is 0.0882. The van der Waals surface area contributed by atoms with Crippen LogP contribution >= 0.6 is 11.3 Å². The third kappa shape index (κ3) is 3.42. The Hall–Kier alpha value is -0.680. The fourth-order valence-electron chi connectivity index (χ4n) is 1.87. The number of aromatic nitrogens is 2. The number of hydrogen-bond acceptors (Lipinski definition) is 5. The molecular formula is C13H23N3OS. The van der Waals surface area contributed by atoms with E-state index in [2.05, 4.69) is 36.3 Å². The molecule has 0 aliphatic heterocycles. The molecule has 0 atom stereocenters. The van der Waals surface area contributed by atoms with E-state index in [9.17, 15) is 0 Å². The highest BCUT2D eigenvalue weighted by atomic mass is 32.1. The molecule has 0 saturated heterocycles. The number of nitrogens with zero attached hydrogens (tertiary/aromatic N) is 2. The first-order valence-electron chi connectivity index (χ1n) is 6.52. The quantitative estimate of drug-likeness (QED) is 0.862. The number of rotatable bonds is 6. The third-order valence-corrected chi connectivity index (χ3v) is 4.78. The summed E-state index contributed by atoms with van der Waals surface area (Å²) in [6, 6.07) is 0. The van der Waals surface area contributed by atoms with Gasteiger partial charge in [-0.1, -0.05) is 32.1 Å². The van der Waals surface area contributed by atoms with Gasteiger partial charge in [0.1, 0.15) is 5.01 Å². The topological polar surface area (TPSA) is 47.0 Å². The van der Waals surface area contributed by atoms with E-state index in [1.807, 2.05) is 0 Å². The van der Waals surface area contributed by atoms with Crippen LogP contribution in [-0.4, -0.2) is 30.5 Å². The minimum atomic E-state index is 0.0882. The Morgan fingerprint density at radius 1 is 1.33 bits per heavy atom. The van der Waals surface area contributed by atoms with E-state index in [0.717, 1.165) is 29.7 Å². The van der Waals surface area contributed by atoms with Crippen molar-refractivity contribution in [1.29, 1.82) is 0 Å². The van der Waals surface area contributed by atoms with Crippen molar-refractivity contribution in [1.82, 2.24) is 10.2 Å². The summed E-state index contributed by atoms with van der Waals surface area (Å²) in [6.45, 7) is 8.34. The van der Waals surface area contributed by atoms with Crippen LogP contribution in [-0.2, 0) is 10.2 Å². The molecule has 1 fully saturated rings. The summed E-state index contributed by atoms with van der Waals surface area (Å²) in [6.07, 6.45) is 3.74. The molecule has 0 radical (unpaired) electrons. The van der Waals surface area contributed by atoms with E-state index in [4.69, 9.17) is 4.74 Å². The summed E-state index contributed by atoms with van der Waals surface area (Å²) in [5.41, 5.74) is 0.536. The standard InChI is InChI=1S/C13H23N3OS/c1-12(2,3)10-15-16-11(18-10)14-9-13(5-6-13)7-8-17-4/h5-9H2,1-4H3,(H,14,16). The van der Waals surface area contributed by atoms with Gasteiger partial charge in [0.15, 0.2) is 0 Å². The van der Waals surface area contributed by atoms with Gasteiger partial charge in [-0.05, 0) is 24.7 Å². The lowest BCUT2D eigenvalue weighted by atomic mass is 9.98. The first-order valence-corrected chi connectivity index (χ1v) is 7.34. The Bertz CT molecular complexity index is 393. The molecule has 1 aliphatic rings. The van der Waals surface area contributed by atoms with Gasteiger partial charge in [-0.2, -0.15) is 0 Å².